The maximum atomic E-state index is 13.4. The Morgan fingerprint density at radius 3 is 2.66 bits per heavy atom. The van der Waals surface area contributed by atoms with Gasteiger partial charge >= 0.3 is 0 Å². The van der Waals surface area contributed by atoms with Crippen molar-refractivity contribution in [2.75, 3.05) is 5.32 Å². The largest absolute Gasteiger partial charge is 0.304 e. The summed E-state index contributed by atoms with van der Waals surface area (Å²) in [7, 11) is 0. The number of carbonyl (C=O) groups is 1. The van der Waals surface area contributed by atoms with Gasteiger partial charge in [-0.15, -0.1) is 0 Å². The number of halogens is 2. The number of carbonyl (C=O) groups excluding carboxylic acids is 1. The lowest BCUT2D eigenvalue weighted by molar-refractivity contribution is 0.102. The predicted molar refractivity (Wildman–Crippen MR) is 134 cm³/mol. The maximum absolute atomic E-state index is 13.4. The monoisotopic (exact) mass is 488 g/mol. The first-order valence-electron chi connectivity index (χ1n) is 11.1. The Balaban J connectivity index is 1.47. The third kappa shape index (κ3) is 4.52. The first-order chi connectivity index (χ1) is 16.9. The number of fused-ring (bicyclic) bond motifs is 1. The van der Waals surface area contributed by atoms with E-state index in [0.29, 0.717) is 28.3 Å². The molecule has 35 heavy (non-hydrogen) atoms. The van der Waals surface area contributed by atoms with Gasteiger partial charge in [-0.1, -0.05) is 41.9 Å². The van der Waals surface area contributed by atoms with Crippen LogP contribution in [0.25, 0.3) is 22.2 Å². The summed E-state index contributed by atoms with van der Waals surface area (Å²) in [5.74, 6) is -0.406. The van der Waals surface area contributed by atoms with Gasteiger partial charge in [0.25, 0.3) is 5.91 Å². The molecule has 1 N–H and O–H groups in total. The number of anilines is 1. The minimum absolute atomic E-state index is 0.246. The number of benzene rings is 2. The number of nitrogens with one attached hydrogen (secondary N) is 1. The molecule has 0 atom stereocenters. The van der Waals surface area contributed by atoms with Gasteiger partial charge < -0.3 is 5.32 Å². The third-order valence-electron chi connectivity index (χ3n) is 5.85. The van der Waals surface area contributed by atoms with Crippen molar-refractivity contribution in [2.45, 2.75) is 26.9 Å². The highest BCUT2D eigenvalue weighted by Gasteiger charge is 2.19. The summed E-state index contributed by atoms with van der Waals surface area (Å²) in [5.41, 5.74) is 4.53. The molecule has 0 saturated heterocycles. The average molecular weight is 489 g/mol. The fourth-order valence-corrected chi connectivity index (χ4v) is 4.23. The predicted octanol–water partition coefficient (Wildman–Crippen LogP) is 5.72. The molecule has 2 aromatic carbocycles. The summed E-state index contributed by atoms with van der Waals surface area (Å²) < 4.78 is 16.7. The molecule has 9 heteroatoms. The summed E-state index contributed by atoms with van der Waals surface area (Å²) in [6.07, 6.45) is 3.39. The summed E-state index contributed by atoms with van der Waals surface area (Å²) in [5, 5.41) is 12.7. The lowest BCUT2D eigenvalue weighted by Gasteiger charge is -2.10. The normalized spacial score (nSPS) is 11.2. The molecule has 5 aromatic rings. The van der Waals surface area contributed by atoms with E-state index in [2.05, 4.69) is 15.5 Å². The highest BCUT2D eigenvalue weighted by molar-refractivity contribution is 6.33. The summed E-state index contributed by atoms with van der Waals surface area (Å²) in [6, 6.07) is 15.4. The van der Waals surface area contributed by atoms with Crippen LogP contribution in [0.2, 0.25) is 5.02 Å². The molecule has 3 aromatic heterocycles. The molecular formula is C26H22ClFN6O. The van der Waals surface area contributed by atoms with Crippen LogP contribution >= 0.6 is 11.6 Å². The Morgan fingerprint density at radius 1 is 1.14 bits per heavy atom. The Hall–Kier alpha value is -4.04. The zero-order chi connectivity index (χ0) is 24.5. The number of amides is 1. The van der Waals surface area contributed by atoms with E-state index < -0.39 is 0 Å². The quantitative estimate of drug-likeness (QED) is 0.332. The van der Waals surface area contributed by atoms with Crippen molar-refractivity contribution in [3.63, 3.8) is 0 Å². The summed E-state index contributed by atoms with van der Waals surface area (Å²) >= 11 is 6.37. The van der Waals surface area contributed by atoms with E-state index in [1.54, 1.807) is 35.3 Å². The maximum Gasteiger partial charge on any atom is 0.257 e. The second-order valence-corrected chi connectivity index (χ2v) is 8.54. The van der Waals surface area contributed by atoms with Crippen LogP contribution < -0.4 is 5.32 Å². The first-order valence-corrected chi connectivity index (χ1v) is 11.5. The number of aromatic nitrogens is 5. The smallest absolute Gasteiger partial charge is 0.257 e. The van der Waals surface area contributed by atoms with Gasteiger partial charge in [0.1, 0.15) is 10.8 Å². The zero-order valence-electron chi connectivity index (χ0n) is 19.2. The van der Waals surface area contributed by atoms with Gasteiger partial charge in [0.2, 0.25) is 0 Å². The summed E-state index contributed by atoms with van der Waals surface area (Å²) in [6.45, 7) is 5.14. The lowest BCUT2D eigenvalue weighted by atomic mass is 10.0. The second-order valence-electron chi connectivity index (χ2n) is 8.14. The van der Waals surface area contributed by atoms with Crippen molar-refractivity contribution in [3.05, 3.63) is 94.7 Å². The molecule has 1 amide bonds. The molecule has 0 aliphatic rings. The molecule has 0 aliphatic carbocycles. The number of hydrogen-bond acceptors (Lipinski definition) is 4. The topological polar surface area (TPSA) is 77.6 Å². The Bertz CT molecular complexity index is 1540. The van der Waals surface area contributed by atoms with Gasteiger partial charge in [0, 0.05) is 29.4 Å². The molecular weight excluding hydrogens is 467 g/mol. The minimum atomic E-state index is -0.348. The van der Waals surface area contributed by atoms with E-state index in [1.165, 1.54) is 12.1 Å². The molecule has 0 bridgehead atoms. The van der Waals surface area contributed by atoms with Crippen LogP contribution in [0.3, 0.4) is 0 Å². The van der Waals surface area contributed by atoms with E-state index in [9.17, 15) is 9.18 Å². The van der Waals surface area contributed by atoms with Gasteiger partial charge in [0.05, 0.1) is 29.5 Å². The fourth-order valence-electron chi connectivity index (χ4n) is 4.03. The number of pyridine rings is 1. The van der Waals surface area contributed by atoms with Crippen molar-refractivity contribution >= 4 is 34.2 Å². The molecule has 0 fully saturated rings. The van der Waals surface area contributed by atoms with Crippen molar-refractivity contribution < 1.29 is 9.18 Å². The summed E-state index contributed by atoms with van der Waals surface area (Å²) in [4.78, 5) is 18.2. The molecule has 0 unspecified atom stereocenters. The SMILES string of the molecule is CCn1ncc(-c2cc(C(=O)Nc3nn(Cc4ccc(F)cc4)cc3Cl)c3ccccc3n2)c1C. The number of hydrogen-bond donors (Lipinski definition) is 1. The number of aryl methyl sites for hydroxylation is 1. The number of para-hydroxylation sites is 1. The van der Waals surface area contributed by atoms with Crippen molar-refractivity contribution in [1.82, 2.24) is 24.5 Å². The molecule has 0 radical (unpaired) electrons. The minimum Gasteiger partial charge on any atom is -0.304 e. The molecule has 0 saturated carbocycles. The van der Waals surface area contributed by atoms with Gasteiger partial charge in [-0.25, -0.2) is 9.37 Å². The fraction of sp³-hybridized carbons (Fsp3) is 0.154. The van der Waals surface area contributed by atoms with Crippen molar-refractivity contribution in [2.24, 2.45) is 0 Å². The van der Waals surface area contributed by atoms with Gasteiger partial charge in [-0.05, 0) is 43.7 Å². The van der Waals surface area contributed by atoms with Crippen LogP contribution in [-0.2, 0) is 13.1 Å². The van der Waals surface area contributed by atoms with E-state index in [1.807, 2.05) is 42.8 Å². The van der Waals surface area contributed by atoms with Gasteiger partial charge in [-0.2, -0.15) is 10.2 Å². The van der Waals surface area contributed by atoms with Crippen LogP contribution in [0.5, 0.6) is 0 Å². The van der Waals surface area contributed by atoms with Gasteiger partial charge in [0.15, 0.2) is 5.82 Å². The molecule has 0 aliphatic heterocycles. The van der Waals surface area contributed by atoms with Crippen LogP contribution in [-0.4, -0.2) is 30.5 Å². The molecule has 5 rings (SSSR count). The van der Waals surface area contributed by atoms with E-state index in [4.69, 9.17) is 16.6 Å². The van der Waals surface area contributed by atoms with Crippen LogP contribution in [0.15, 0.2) is 67.0 Å². The van der Waals surface area contributed by atoms with E-state index in [-0.39, 0.29) is 17.5 Å². The second kappa shape index (κ2) is 9.31. The molecule has 3 heterocycles. The Morgan fingerprint density at radius 2 is 1.91 bits per heavy atom. The van der Waals surface area contributed by atoms with E-state index in [0.717, 1.165) is 28.8 Å². The van der Waals surface area contributed by atoms with Crippen LogP contribution in [0.4, 0.5) is 10.2 Å². The Labute approximate surface area is 206 Å². The number of nitrogens with zero attached hydrogens (tertiary/aromatic N) is 5. The third-order valence-corrected chi connectivity index (χ3v) is 6.12. The molecule has 0 spiro atoms. The average Bonchev–Trinajstić information content (AvgIpc) is 3.40. The van der Waals surface area contributed by atoms with E-state index >= 15 is 0 Å². The van der Waals surface area contributed by atoms with Crippen molar-refractivity contribution in [3.8, 4) is 11.3 Å². The zero-order valence-corrected chi connectivity index (χ0v) is 19.9. The lowest BCUT2D eigenvalue weighted by Crippen LogP contribution is -2.14. The highest BCUT2D eigenvalue weighted by atomic mass is 35.5. The molecule has 176 valence electrons. The number of rotatable bonds is 6. The van der Waals surface area contributed by atoms with Gasteiger partial charge in [-0.3, -0.25) is 14.2 Å². The van der Waals surface area contributed by atoms with Crippen LogP contribution in [0, 0.1) is 12.7 Å². The van der Waals surface area contributed by atoms with Crippen LogP contribution in [0.1, 0.15) is 28.5 Å². The molecule has 7 nitrogen and oxygen atoms in total. The first kappa shape index (κ1) is 22.7. The highest BCUT2D eigenvalue weighted by Crippen LogP contribution is 2.28. The standard InChI is InChI=1S/C26H22ClFN6O/c1-3-34-16(2)21(13-29-34)24-12-20(19-6-4-5-7-23(19)30-24)26(35)31-25-22(27)15-33(32-25)14-17-8-10-18(28)11-9-17/h4-13,15H,3,14H2,1-2H3,(H,31,32,35). The van der Waals surface area contributed by atoms with Crippen molar-refractivity contribution in [1.29, 1.82) is 0 Å². The Kier molecular flexibility index (Phi) is 6.05.